The molecule has 0 bridgehead atoms. The molecule has 0 aromatic rings. The van der Waals surface area contributed by atoms with Crippen LogP contribution in [-0.2, 0) is 14.3 Å². The Kier molecular flexibility index (Phi) is 7.60. The summed E-state index contributed by atoms with van der Waals surface area (Å²) in [6, 6.07) is 0. The van der Waals surface area contributed by atoms with Crippen LogP contribution in [0.3, 0.4) is 0 Å². The fourth-order valence-corrected chi connectivity index (χ4v) is 9.99. The first-order valence-corrected chi connectivity index (χ1v) is 14.3. The molecule has 6 unspecified atom stereocenters. The average Bonchev–Trinajstić information content (AvgIpc) is 3.15. The van der Waals surface area contributed by atoms with Crippen molar-refractivity contribution in [2.75, 3.05) is 13.7 Å². The summed E-state index contributed by atoms with van der Waals surface area (Å²) in [7, 11) is 1.52. The molecule has 11 atom stereocenters. The number of carbonyl (C=O) groups excluding carboxylic acids is 1. The smallest absolute Gasteiger partial charge is 0.305 e. The van der Waals surface area contributed by atoms with Gasteiger partial charge in [-0.1, -0.05) is 41.5 Å². The second-order valence-corrected chi connectivity index (χ2v) is 13.3. The summed E-state index contributed by atoms with van der Waals surface area (Å²) >= 11 is 0. The largest absolute Gasteiger partial charge is 0.469 e. The van der Waals surface area contributed by atoms with Gasteiger partial charge in [-0.3, -0.25) is 4.79 Å². The molecular weight excluding hydrogens is 408 g/mol. The van der Waals surface area contributed by atoms with E-state index in [0.29, 0.717) is 29.3 Å². The van der Waals surface area contributed by atoms with E-state index in [-0.39, 0.29) is 5.97 Å². The molecule has 0 spiro atoms. The fourth-order valence-electron chi connectivity index (χ4n) is 9.99. The lowest BCUT2D eigenvalue weighted by atomic mass is 9.40. The van der Waals surface area contributed by atoms with Crippen LogP contribution in [0.15, 0.2) is 0 Å². The maximum absolute atomic E-state index is 11.8. The Labute approximate surface area is 204 Å². The molecule has 33 heavy (non-hydrogen) atoms. The van der Waals surface area contributed by atoms with Gasteiger partial charge in [0, 0.05) is 13.0 Å². The molecule has 0 saturated heterocycles. The molecule has 4 aliphatic carbocycles. The molecular formula is C30H52O3. The van der Waals surface area contributed by atoms with Gasteiger partial charge < -0.3 is 9.47 Å². The van der Waals surface area contributed by atoms with E-state index >= 15 is 0 Å². The molecule has 4 saturated carbocycles. The minimum atomic E-state index is -0.0447. The molecule has 0 aliphatic heterocycles. The number of hydrogen-bond acceptors (Lipinski definition) is 3. The lowest BCUT2D eigenvalue weighted by Gasteiger charge is -2.65. The summed E-state index contributed by atoms with van der Waals surface area (Å²) in [6.45, 7) is 16.1. The van der Waals surface area contributed by atoms with Crippen LogP contribution in [0.5, 0.6) is 0 Å². The van der Waals surface area contributed by atoms with Gasteiger partial charge in [0.05, 0.1) is 13.2 Å². The Bertz CT molecular complexity index is 690. The lowest BCUT2D eigenvalue weighted by Crippen LogP contribution is -2.59. The Morgan fingerprint density at radius 2 is 1.82 bits per heavy atom. The molecule has 3 heteroatoms. The third-order valence-corrected chi connectivity index (χ3v) is 11.9. The van der Waals surface area contributed by atoms with Crippen LogP contribution in [0, 0.1) is 58.2 Å². The van der Waals surface area contributed by atoms with Crippen LogP contribution in [0.4, 0.5) is 0 Å². The molecule has 0 heterocycles. The van der Waals surface area contributed by atoms with E-state index in [0.717, 1.165) is 60.9 Å². The van der Waals surface area contributed by atoms with Crippen molar-refractivity contribution in [3.8, 4) is 0 Å². The van der Waals surface area contributed by atoms with Crippen molar-refractivity contribution in [1.29, 1.82) is 0 Å². The minimum Gasteiger partial charge on any atom is -0.469 e. The van der Waals surface area contributed by atoms with Crippen LogP contribution >= 0.6 is 0 Å². The molecule has 0 N–H and O–H groups in total. The van der Waals surface area contributed by atoms with Crippen molar-refractivity contribution < 1.29 is 14.3 Å². The number of carbonyl (C=O) groups is 1. The number of ether oxygens (including phenoxy) is 2. The molecule has 4 rings (SSSR count). The van der Waals surface area contributed by atoms with Crippen LogP contribution in [0.25, 0.3) is 0 Å². The number of methoxy groups -OCH3 is 1. The highest BCUT2D eigenvalue weighted by Gasteiger charge is 2.64. The molecule has 0 aromatic carbocycles. The maximum Gasteiger partial charge on any atom is 0.305 e. The van der Waals surface area contributed by atoms with Crippen molar-refractivity contribution >= 4 is 5.97 Å². The SMILES string of the molecule is CCCOC1CC[C@@]2(C)C(C1)C[C@@H](C)C1C2C[C@H](C)[C@@]2(C)C1CC[C@@H]2C(C)CCC(=O)OC. The van der Waals surface area contributed by atoms with Gasteiger partial charge in [0.1, 0.15) is 0 Å². The van der Waals surface area contributed by atoms with Gasteiger partial charge >= 0.3 is 5.97 Å². The second kappa shape index (κ2) is 9.82. The molecule has 4 fully saturated rings. The van der Waals surface area contributed by atoms with Crippen LogP contribution in [0.1, 0.15) is 106 Å². The lowest BCUT2D eigenvalue weighted by molar-refractivity contribution is -0.172. The van der Waals surface area contributed by atoms with E-state index in [4.69, 9.17) is 9.47 Å². The van der Waals surface area contributed by atoms with Gasteiger partial charge in [0.15, 0.2) is 0 Å². The summed E-state index contributed by atoms with van der Waals surface area (Å²) in [6.07, 6.45) is 12.7. The first kappa shape index (κ1) is 25.5. The predicted octanol–water partition coefficient (Wildman–Crippen LogP) is 7.52. The molecule has 3 nitrogen and oxygen atoms in total. The van der Waals surface area contributed by atoms with E-state index in [2.05, 4.69) is 41.5 Å². The second-order valence-electron chi connectivity index (χ2n) is 13.3. The highest BCUT2D eigenvalue weighted by Crippen LogP contribution is 2.71. The highest BCUT2D eigenvalue weighted by atomic mass is 16.5. The number of hydrogen-bond donors (Lipinski definition) is 0. The first-order valence-electron chi connectivity index (χ1n) is 14.3. The standard InChI is InChI=1S/C30H52O3/c1-8-15-33-23-13-14-29(5)22(18-23)16-20(3)28-25-11-10-24(19(2)9-12-27(31)32-7)30(25,6)21(4)17-26(28)29/h19-26,28H,8-18H2,1-7H3/t19?,20-,21+,22?,23?,24-,25?,26?,28?,29+,30-/m1/s1. The third-order valence-electron chi connectivity index (χ3n) is 11.9. The third kappa shape index (κ3) is 4.31. The van der Waals surface area contributed by atoms with Crippen LogP contribution < -0.4 is 0 Å². The Morgan fingerprint density at radius 1 is 1.06 bits per heavy atom. The Balaban J connectivity index is 1.52. The summed E-state index contributed by atoms with van der Waals surface area (Å²) < 4.78 is 11.2. The summed E-state index contributed by atoms with van der Waals surface area (Å²) in [4.78, 5) is 11.8. The molecule has 4 aliphatic rings. The van der Waals surface area contributed by atoms with Gasteiger partial charge in [-0.25, -0.2) is 0 Å². The quantitative estimate of drug-likeness (QED) is 0.368. The Morgan fingerprint density at radius 3 is 2.52 bits per heavy atom. The number of fused-ring (bicyclic) bond motifs is 5. The summed E-state index contributed by atoms with van der Waals surface area (Å²) in [5.74, 6) is 6.39. The van der Waals surface area contributed by atoms with Crippen molar-refractivity contribution in [2.45, 2.75) is 112 Å². The Hall–Kier alpha value is -0.570. The molecule has 0 aromatic heterocycles. The zero-order chi connectivity index (χ0) is 24.0. The molecule has 0 radical (unpaired) electrons. The van der Waals surface area contributed by atoms with E-state index in [1.807, 2.05) is 0 Å². The predicted molar refractivity (Wildman–Crippen MR) is 135 cm³/mol. The summed E-state index contributed by atoms with van der Waals surface area (Å²) in [5, 5.41) is 0. The van der Waals surface area contributed by atoms with E-state index in [1.165, 1.54) is 52.1 Å². The van der Waals surface area contributed by atoms with Crippen molar-refractivity contribution in [2.24, 2.45) is 58.2 Å². The van der Waals surface area contributed by atoms with Crippen LogP contribution in [-0.4, -0.2) is 25.8 Å². The topological polar surface area (TPSA) is 35.5 Å². The van der Waals surface area contributed by atoms with Gasteiger partial charge in [-0.2, -0.15) is 0 Å². The minimum absolute atomic E-state index is 0.0447. The zero-order valence-electron chi connectivity index (χ0n) is 22.7. The van der Waals surface area contributed by atoms with Crippen molar-refractivity contribution in [1.82, 2.24) is 0 Å². The van der Waals surface area contributed by atoms with Gasteiger partial charge in [0.25, 0.3) is 0 Å². The van der Waals surface area contributed by atoms with Crippen molar-refractivity contribution in [3.05, 3.63) is 0 Å². The number of rotatable bonds is 7. The van der Waals surface area contributed by atoms with E-state index in [1.54, 1.807) is 0 Å². The van der Waals surface area contributed by atoms with Crippen molar-refractivity contribution in [3.63, 3.8) is 0 Å². The first-order chi connectivity index (χ1) is 15.7. The normalized spacial score (nSPS) is 47.8. The van der Waals surface area contributed by atoms with E-state index in [9.17, 15) is 4.79 Å². The maximum atomic E-state index is 11.8. The van der Waals surface area contributed by atoms with Gasteiger partial charge in [0.2, 0.25) is 0 Å². The van der Waals surface area contributed by atoms with Gasteiger partial charge in [-0.05, 0) is 116 Å². The zero-order valence-corrected chi connectivity index (χ0v) is 22.7. The van der Waals surface area contributed by atoms with E-state index < -0.39 is 0 Å². The average molecular weight is 461 g/mol. The number of esters is 1. The highest BCUT2D eigenvalue weighted by molar-refractivity contribution is 5.69. The molecule has 0 amide bonds. The molecule has 190 valence electrons. The fraction of sp³-hybridized carbons (Fsp3) is 0.967. The van der Waals surface area contributed by atoms with Crippen LogP contribution in [0.2, 0.25) is 0 Å². The van der Waals surface area contributed by atoms with Gasteiger partial charge in [-0.15, -0.1) is 0 Å². The summed E-state index contributed by atoms with van der Waals surface area (Å²) in [5.41, 5.74) is 0.934. The monoisotopic (exact) mass is 460 g/mol.